The highest BCUT2D eigenvalue weighted by Gasteiger charge is 2.15. The van der Waals surface area contributed by atoms with Crippen LogP contribution in [-0.2, 0) is 0 Å². The smallest absolute Gasteiger partial charge is 0.337 e. The zero-order valence-electron chi connectivity index (χ0n) is 9.55. The molecule has 2 rings (SSSR count). The average molecular weight is 308 g/mol. The van der Waals surface area contributed by atoms with Crippen LogP contribution in [0.15, 0.2) is 41.1 Å². The fourth-order valence-corrected chi connectivity index (χ4v) is 2.21. The van der Waals surface area contributed by atoms with Gasteiger partial charge >= 0.3 is 5.97 Å². The first-order chi connectivity index (χ1) is 8.63. The zero-order chi connectivity index (χ0) is 13.1. The molecule has 18 heavy (non-hydrogen) atoms. The third-order valence-corrected chi connectivity index (χ3v) is 3.11. The first-order valence-electron chi connectivity index (χ1n) is 5.14. The fraction of sp³-hybridized carbons (Fsp3) is 0.0769. The van der Waals surface area contributed by atoms with E-state index in [9.17, 15) is 4.79 Å². The lowest BCUT2D eigenvalue weighted by atomic mass is 10.0. The van der Waals surface area contributed by atoms with Crippen molar-refractivity contribution in [1.29, 1.82) is 0 Å². The van der Waals surface area contributed by atoms with E-state index in [0.29, 0.717) is 10.0 Å². The van der Waals surface area contributed by atoms with Crippen molar-refractivity contribution in [1.82, 2.24) is 4.98 Å². The Morgan fingerprint density at radius 1 is 1.28 bits per heavy atom. The summed E-state index contributed by atoms with van der Waals surface area (Å²) in [4.78, 5) is 15.1. The fourth-order valence-electron chi connectivity index (χ4n) is 1.65. The third kappa shape index (κ3) is 2.36. The van der Waals surface area contributed by atoms with E-state index < -0.39 is 5.97 Å². The summed E-state index contributed by atoms with van der Waals surface area (Å²) in [5, 5.41) is 9.17. The normalized spacial score (nSPS) is 10.1. The Labute approximate surface area is 112 Å². The van der Waals surface area contributed by atoms with Crippen LogP contribution >= 0.6 is 15.9 Å². The molecule has 2 aromatic rings. The highest BCUT2D eigenvalue weighted by molar-refractivity contribution is 9.10. The van der Waals surface area contributed by atoms with E-state index in [0.717, 1.165) is 11.3 Å². The quantitative estimate of drug-likeness (QED) is 0.946. The second kappa shape index (κ2) is 5.18. The molecular formula is C13H10BrNO3. The molecule has 0 saturated carbocycles. The Hall–Kier alpha value is -1.88. The van der Waals surface area contributed by atoms with Crippen LogP contribution < -0.4 is 4.74 Å². The van der Waals surface area contributed by atoms with Gasteiger partial charge in [-0.3, -0.25) is 4.98 Å². The van der Waals surface area contributed by atoms with Gasteiger partial charge in [0, 0.05) is 22.4 Å². The maximum absolute atomic E-state index is 11.2. The SMILES string of the molecule is COc1ccc(-c2c(Br)cncc2C(=O)O)cc1. The maximum atomic E-state index is 11.2. The molecule has 0 aliphatic rings. The number of carboxylic acids is 1. The second-order valence-corrected chi connectivity index (χ2v) is 4.43. The number of carbonyl (C=O) groups is 1. The van der Waals surface area contributed by atoms with Gasteiger partial charge in [0.2, 0.25) is 0 Å². The van der Waals surface area contributed by atoms with Gasteiger partial charge in [0.15, 0.2) is 0 Å². The monoisotopic (exact) mass is 307 g/mol. The lowest BCUT2D eigenvalue weighted by Gasteiger charge is -2.09. The van der Waals surface area contributed by atoms with Gasteiger partial charge in [0.05, 0.1) is 12.7 Å². The molecule has 0 radical (unpaired) electrons. The molecule has 1 heterocycles. The van der Waals surface area contributed by atoms with Crippen LogP contribution in [0, 0.1) is 0 Å². The molecule has 0 amide bonds. The van der Waals surface area contributed by atoms with Gasteiger partial charge in [-0.25, -0.2) is 4.79 Å². The summed E-state index contributed by atoms with van der Waals surface area (Å²) < 4.78 is 5.72. The van der Waals surface area contributed by atoms with Gasteiger partial charge in [0.25, 0.3) is 0 Å². The number of ether oxygens (including phenoxy) is 1. The standard InChI is InChI=1S/C13H10BrNO3/c1-18-9-4-2-8(3-5-9)12-10(13(16)17)6-15-7-11(12)14/h2-7H,1H3,(H,16,17). The van der Waals surface area contributed by atoms with Crippen molar-refractivity contribution in [3.63, 3.8) is 0 Å². The molecule has 0 aliphatic heterocycles. The minimum Gasteiger partial charge on any atom is -0.497 e. The number of benzene rings is 1. The molecular weight excluding hydrogens is 298 g/mol. The molecule has 0 saturated heterocycles. The van der Waals surface area contributed by atoms with Gasteiger partial charge < -0.3 is 9.84 Å². The number of hydrogen-bond donors (Lipinski definition) is 1. The minimum absolute atomic E-state index is 0.162. The van der Waals surface area contributed by atoms with Crippen LogP contribution in [0.2, 0.25) is 0 Å². The summed E-state index contributed by atoms with van der Waals surface area (Å²) in [6, 6.07) is 7.19. The number of rotatable bonds is 3. The first kappa shape index (κ1) is 12.6. The molecule has 5 heteroatoms. The summed E-state index contributed by atoms with van der Waals surface area (Å²) in [5.41, 5.74) is 1.57. The Balaban J connectivity index is 2.58. The number of carboxylic acid groups (broad SMARTS) is 1. The van der Waals surface area contributed by atoms with E-state index in [1.54, 1.807) is 25.4 Å². The van der Waals surface area contributed by atoms with Crippen molar-refractivity contribution in [2.24, 2.45) is 0 Å². The summed E-state index contributed by atoms with van der Waals surface area (Å²) in [5.74, 6) is -0.282. The molecule has 0 spiro atoms. The Bertz CT molecular complexity index is 581. The Kier molecular flexibility index (Phi) is 3.62. The highest BCUT2D eigenvalue weighted by atomic mass is 79.9. The predicted molar refractivity (Wildman–Crippen MR) is 70.9 cm³/mol. The van der Waals surface area contributed by atoms with E-state index in [4.69, 9.17) is 9.84 Å². The second-order valence-electron chi connectivity index (χ2n) is 3.58. The molecule has 1 N–H and O–H groups in total. The van der Waals surface area contributed by atoms with Crippen molar-refractivity contribution in [2.45, 2.75) is 0 Å². The molecule has 1 aromatic heterocycles. The number of methoxy groups -OCH3 is 1. The van der Waals surface area contributed by atoms with Crippen LogP contribution in [0.1, 0.15) is 10.4 Å². The van der Waals surface area contributed by atoms with Crippen molar-refractivity contribution < 1.29 is 14.6 Å². The number of halogens is 1. The first-order valence-corrected chi connectivity index (χ1v) is 5.94. The van der Waals surface area contributed by atoms with E-state index >= 15 is 0 Å². The Morgan fingerprint density at radius 2 is 1.94 bits per heavy atom. The summed E-state index contributed by atoms with van der Waals surface area (Å²) in [6.07, 6.45) is 2.92. The largest absolute Gasteiger partial charge is 0.497 e. The molecule has 0 fully saturated rings. The van der Waals surface area contributed by atoms with Crippen molar-refractivity contribution >= 4 is 21.9 Å². The lowest BCUT2D eigenvalue weighted by Crippen LogP contribution is -2.01. The van der Waals surface area contributed by atoms with Crippen LogP contribution in [0.5, 0.6) is 5.75 Å². The maximum Gasteiger partial charge on any atom is 0.337 e. The van der Waals surface area contributed by atoms with E-state index in [2.05, 4.69) is 20.9 Å². The van der Waals surface area contributed by atoms with Crippen molar-refractivity contribution in [3.8, 4) is 16.9 Å². The molecule has 1 aromatic carbocycles. The summed E-state index contributed by atoms with van der Waals surface area (Å²) >= 11 is 3.33. The third-order valence-electron chi connectivity index (χ3n) is 2.51. The van der Waals surface area contributed by atoms with Gasteiger partial charge in [-0.15, -0.1) is 0 Å². The molecule has 0 unspecified atom stereocenters. The van der Waals surface area contributed by atoms with Crippen LogP contribution in [0.3, 0.4) is 0 Å². The number of aromatic carboxylic acids is 1. The van der Waals surface area contributed by atoms with Crippen LogP contribution in [-0.4, -0.2) is 23.2 Å². The number of aromatic nitrogens is 1. The topological polar surface area (TPSA) is 59.4 Å². The van der Waals surface area contributed by atoms with Gasteiger partial charge in [0.1, 0.15) is 5.75 Å². The van der Waals surface area contributed by atoms with E-state index in [1.165, 1.54) is 6.20 Å². The number of hydrogen-bond acceptors (Lipinski definition) is 3. The highest BCUT2D eigenvalue weighted by Crippen LogP contribution is 2.31. The number of pyridine rings is 1. The van der Waals surface area contributed by atoms with Gasteiger partial charge in [-0.2, -0.15) is 0 Å². The molecule has 0 bridgehead atoms. The summed E-state index contributed by atoms with van der Waals surface area (Å²) in [7, 11) is 1.58. The molecule has 0 aliphatic carbocycles. The zero-order valence-corrected chi connectivity index (χ0v) is 11.1. The lowest BCUT2D eigenvalue weighted by molar-refractivity contribution is 0.0697. The molecule has 0 atom stereocenters. The number of nitrogens with zero attached hydrogens (tertiary/aromatic N) is 1. The average Bonchev–Trinajstić information content (AvgIpc) is 2.38. The molecule has 4 nitrogen and oxygen atoms in total. The van der Waals surface area contributed by atoms with Crippen LogP contribution in [0.4, 0.5) is 0 Å². The van der Waals surface area contributed by atoms with Gasteiger partial charge in [-0.1, -0.05) is 12.1 Å². The van der Waals surface area contributed by atoms with Gasteiger partial charge in [-0.05, 0) is 33.6 Å². The van der Waals surface area contributed by atoms with Crippen molar-refractivity contribution in [3.05, 3.63) is 46.7 Å². The Morgan fingerprint density at radius 3 is 2.50 bits per heavy atom. The van der Waals surface area contributed by atoms with E-state index in [1.807, 2.05) is 12.1 Å². The summed E-state index contributed by atoms with van der Waals surface area (Å²) in [6.45, 7) is 0. The minimum atomic E-state index is -1.00. The van der Waals surface area contributed by atoms with E-state index in [-0.39, 0.29) is 5.56 Å². The predicted octanol–water partition coefficient (Wildman–Crippen LogP) is 3.22. The van der Waals surface area contributed by atoms with Crippen molar-refractivity contribution in [2.75, 3.05) is 7.11 Å². The molecule has 92 valence electrons. The van der Waals surface area contributed by atoms with Crippen LogP contribution in [0.25, 0.3) is 11.1 Å².